The lowest BCUT2D eigenvalue weighted by Crippen LogP contribution is -2.36. The summed E-state index contributed by atoms with van der Waals surface area (Å²) in [6.07, 6.45) is 3.89. The summed E-state index contributed by atoms with van der Waals surface area (Å²) in [7, 11) is 0. The van der Waals surface area contributed by atoms with Crippen molar-refractivity contribution in [2.45, 2.75) is 37.8 Å². The predicted molar refractivity (Wildman–Crippen MR) is 78.7 cm³/mol. The van der Waals surface area contributed by atoms with Gasteiger partial charge in [-0.2, -0.15) is 0 Å². The second-order valence-corrected chi connectivity index (χ2v) is 6.49. The molecule has 0 radical (unpaired) electrons. The van der Waals surface area contributed by atoms with Crippen LogP contribution in [0, 0.1) is 0 Å². The molecule has 2 atom stereocenters. The van der Waals surface area contributed by atoms with E-state index in [9.17, 15) is 5.11 Å². The van der Waals surface area contributed by atoms with Gasteiger partial charge < -0.3 is 10.4 Å². The number of halogens is 3. The standard InChI is InChI=1S/C12H14Br2ClNO/c13-8-5-7(15)6-9(14)12(8)16-10-3-1-2-4-11(10)17/h5-6,10-11,16-17H,1-4H2. The molecule has 2 unspecified atom stereocenters. The molecule has 1 aliphatic carbocycles. The normalized spacial score (nSPS) is 24.7. The van der Waals surface area contributed by atoms with Gasteiger partial charge in [0.1, 0.15) is 0 Å². The Morgan fingerprint density at radius 2 is 1.76 bits per heavy atom. The monoisotopic (exact) mass is 381 g/mol. The lowest BCUT2D eigenvalue weighted by molar-refractivity contribution is 0.116. The van der Waals surface area contributed by atoms with Gasteiger partial charge in [-0.25, -0.2) is 0 Å². The first-order valence-electron chi connectivity index (χ1n) is 5.67. The Balaban J connectivity index is 2.17. The Hall–Kier alpha value is 0.230. The summed E-state index contributed by atoms with van der Waals surface area (Å²) < 4.78 is 1.82. The molecule has 2 nitrogen and oxygen atoms in total. The first-order chi connectivity index (χ1) is 8.08. The van der Waals surface area contributed by atoms with Crippen LogP contribution in [0.4, 0.5) is 5.69 Å². The smallest absolute Gasteiger partial charge is 0.0741 e. The molecule has 94 valence electrons. The maximum absolute atomic E-state index is 9.95. The summed E-state index contributed by atoms with van der Waals surface area (Å²) in [5, 5.41) is 14.0. The second kappa shape index (κ2) is 5.91. The zero-order valence-electron chi connectivity index (χ0n) is 9.22. The minimum atomic E-state index is -0.266. The quantitative estimate of drug-likeness (QED) is 0.783. The summed E-state index contributed by atoms with van der Waals surface area (Å²) in [6, 6.07) is 3.82. The van der Waals surface area contributed by atoms with Crippen LogP contribution < -0.4 is 5.32 Å². The zero-order valence-corrected chi connectivity index (χ0v) is 13.1. The minimum Gasteiger partial charge on any atom is -0.391 e. The molecular formula is C12H14Br2ClNO. The fourth-order valence-electron chi connectivity index (χ4n) is 2.15. The average molecular weight is 384 g/mol. The predicted octanol–water partition coefficient (Wildman–Crippen LogP) is 4.58. The Morgan fingerprint density at radius 3 is 2.35 bits per heavy atom. The van der Waals surface area contributed by atoms with Gasteiger partial charge in [0.25, 0.3) is 0 Å². The van der Waals surface area contributed by atoms with Crippen LogP contribution in [0.1, 0.15) is 25.7 Å². The van der Waals surface area contributed by atoms with Gasteiger partial charge in [0.2, 0.25) is 0 Å². The number of aliphatic hydroxyl groups is 1. The van der Waals surface area contributed by atoms with Crippen LogP contribution in [0.15, 0.2) is 21.1 Å². The van der Waals surface area contributed by atoms with Crippen LogP contribution >= 0.6 is 43.5 Å². The number of benzene rings is 1. The highest BCUT2D eigenvalue weighted by Gasteiger charge is 2.24. The SMILES string of the molecule is OC1CCCCC1Nc1c(Br)cc(Cl)cc1Br. The van der Waals surface area contributed by atoms with Gasteiger partial charge in [-0.3, -0.25) is 0 Å². The molecule has 1 aliphatic rings. The highest BCUT2D eigenvalue weighted by atomic mass is 79.9. The first-order valence-corrected chi connectivity index (χ1v) is 7.63. The fraction of sp³-hybridized carbons (Fsp3) is 0.500. The molecule has 0 aliphatic heterocycles. The summed E-state index contributed by atoms with van der Waals surface area (Å²) in [6.45, 7) is 0. The fourth-order valence-corrected chi connectivity index (χ4v) is 4.04. The third kappa shape index (κ3) is 3.37. The van der Waals surface area contributed by atoms with Gasteiger partial charge in [0.05, 0.1) is 17.8 Å². The minimum absolute atomic E-state index is 0.123. The third-order valence-electron chi connectivity index (χ3n) is 3.07. The molecule has 0 heterocycles. The van der Waals surface area contributed by atoms with Gasteiger partial charge in [-0.15, -0.1) is 0 Å². The molecule has 0 aromatic heterocycles. The summed E-state index contributed by atoms with van der Waals surface area (Å²) in [5.74, 6) is 0. The Morgan fingerprint density at radius 1 is 1.18 bits per heavy atom. The van der Waals surface area contributed by atoms with Crippen molar-refractivity contribution in [2.75, 3.05) is 5.32 Å². The maximum Gasteiger partial charge on any atom is 0.0741 e. The Bertz CT molecular complexity index is 390. The number of aliphatic hydroxyl groups excluding tert-OH is 1. The third-order valence-corrected chi connectivity index (χ3v) is 4.54. The molecular weight excluding hydrogens is 369 g/mol. The van der Waals surface area contributed by atoms with Crippen molar-refractivity contribution in [3.63, 3.8) is 0 Å². The van der Waals surface area contributed by atoms with Crippen molar-refractivity contribution in [1.82, 2.24) is 0 Å². The number of nitrogens with one attached hydrogen (secondary N) is 1. The number of hydrogen-bond donors (Lipinski definition) is 2. The number of anilines is 1. The van der Waals surface area contributed by atoms with Crippen molar-refractivity contribution >= 4 is 49.1 Å². The van der Waals surface area contributed by atoms with Gasteiger partial charge in [-0.1, -0.05) is 24.4 Å². The molecule has 2 N–H and O–H groups in total. The largest absolute Gasteiger partial charge is 0.391 e. The number of rotatable bonds is 2. The summed E-state index contributed by atoms with van der Waals surface area (Å²) in [4.78, 5) is 0. The summed E-state index contributed by atoms with van der Waals surface area (Å²) >= 11 is 12.9. The van der Waals surface area contributed by atoms with Crippen molar-refractivity contribution in [3.8, 4) is 0 Å². The number of hydrogen-bond acceptors (Lipinski definition) is 2. The van der Waals surface area contributed by atoms with Gasteiger partial charge in [-0.05, 0) is 56.8 Å². The zero-order chi connectivity index (χ0) is 12.4. The molecule has 5 heteroatoms. The molecule has 2 rings (SSSR count). The van der Waals surface area contributed by atoms with E-state index in [4.69, 9.17) is 11.6 Å². The van der Waals surface area contributed by atoms with Gasteiger partial charge in [0.15, 0.2) is 0 Å². The van der Waals surface area contributed by atoms with E-state index >= 15 is 0 Å². The van der Waals surface area contributed by atoms with Crippen molar-refractivity contribution in [2.24, 2.45) is 0 Å². The molecule has 0 spiro atoms. The van der Waals surface area contributed by atoms with E-state index in [1.54, 1.807) is 0 Å². The molecule has 0 bridgehead atoms. The van der Waals surface area contributed by atoms with E-state index in [-0.39, 0.29) is 12.1 Å². The lowest BCUT2D eigenvalue weighted by Gasteiger charge is -2.30. The Kier molecular flexibility index (Phi) is 4.75. The topological polar surface area (TPSA) is 32.3 Å². The van der Waals surface area contributed by atoms with Crippen LogP contribution in [-0.4, -0.2) is 17.3 Å². The average Bonchev–Trinajstić information content (AvgIpc) is 2.25. The van der Waals surface area contributed by atoms with Crippen molar-refractivity contribution in [3.05, 3.63) is 26.1 Å². The van der Waals surface area contributed by atoms with E-state index in [1.165, 1.54) is 0 Å². The molecule has 0 amide bonds. The lowest BCUT2D eigenvalue weighted by atomic mass is 9.92. The highest BCUT2D eigenvalue weighted by molar-refractivity contribution is 9.11. The molecule has 1 fully saturated rings. The molecule has 1 aromatic rings. The maximum atomic E-state index is 9.95. The van der Waals surface area contributed by atoms with Crippen LogP contribution in [0.5, 0.6) is 0 Å². The van der Waals surface area contributed by atoms with E-state index in [1.807, 2.05) is 12.1 Å². The van der Waals surface area contributed by atoms with E-state index in [0.717, 1.165) is 40.3 Å². The first kappa shape index (κ1) is 13.7. The Labute approximate surface area is 123 Å². The van der Waals surface area contributed by atoms with Crippen molar-refractivity contribution in [1.29, 1.82) is 0 Å². The van der Waals surface area contributed by atoms with E-state index < -0.39 is 0 Å². The van der Waals surface area contributed by atoms with E-state index in [0.29, 0.717) is 5.02 Å². The van der Waals surface area contributed by atoms with Crippen LogP contribution in [0.3, 0.4) is 0 Å². The van der Waals surface area contributed by atoms with Crippen LogP contribution in [0.25, 0.3) is 0 Å². The molecule has 17 heavy (non-hydrogen) atoms. The van der Waals surface area contributed by atoms with Crippen LogP contribution in [-0.2, 0) is 0 Å². The molecule has 1 aromatic carbocycles. The molecule has 1 saturated carbocycles. The van der Waals surface area contributed by atoms with Gasteiger partial charge in [0, 0.05) is 14.0 Å². The highest BCUT2D eigenvalue weighted by Crippen LogP contribution is 2.36. The van der Waals surface area contributed by atoms with E-state index in [2.05, 4.69) is 37.2 Å². The van der Waals surface area contributed by atoms with Crippen LogP contribution in [0.2, 0.25) is 5.02 Å². The summed E-state index contributed by atoms with van der Waals surface area (Å²) in [5.41, 5.74) is 0.959. The molecule has 0 saturated heterocycles. The second-order valence-electron chi connectivity index (χ2n) is 4.35. The van der Waals surface area contributed by atoms with Gasteiger partial charge >= 0.3 is 0 Å². The van der Waals surface area contributed by atoms with Crippen molar-refractivity contribution < 1.29 is 5.11 Å².